The van der Waals surface area contributed by atoms with Crippen LogP contribution in [0.4, 0.5) is 4.39 Å². The highest BCUT2D eigenvalue weighted by Crippen LogP contribution is 2.17. The van der Waals surface area contributed by atoms with E-state index in [2.05, 4.69) is 9.97 Å². The average Bonchev–Trinajstić information content (AvgIpc) is 2.33. The fourth-order valence-corrected chi connectivity index (χ4v) is 1.45. The monoisotopic (exact) mass is 252 g/mol. The minimum Gasteiger partial charge on any atom is -0.475 e. The van der Waals surface area contributed by atoms with Gasteiger partial charge < -0.3 is 4.74 Å². The van der Waals surface area contributed by atoms with Crippen LogP contribution in [-0.4, -0.2) is 16.6 Å². The van der Waals surface area contributed by atoms with E-state index < -0.39 is 5.82 Å². The van der Waals surface area contributed by atoms with E-state index in [9.17, 15) is 4.39 Å². The first kappa shape index (κ1) is 11.8. The van der Waals surface area contributed by atoms with Crippen LogP contribution >= 0.6 is 11.6 Å². The van der Waals surface area contributed by atoms with Crippen molar-refractivity contribution in [2.45, 2.75) is 6.42 Å². The quantitative estimate of drug-likeness (QED) is 0.839. The molecule has 2 aromatic heterocycles. The van der Waals surface area contributed by atoms with E-state index in [1.807, 2.05) is 18.2 Å². The molecule has 0 unspecified atom stereocenters. The first-order valence-electron chi connectivity index (χ1n) is 5.09. The zero-order chi connectivity index (χ0) is 12.1. The summed E-state index contributed by atoms with van der Waals surface area (Å²) in [4.78, 5) is 7.89. The maximum absolute atomic E-state index is 13.3. The van der Waals surface area contributed by atoms with Gasteiger partial charge in [-0.05, 0) is 18.2 Å². The zero-order valence-corrected chi connectivity index (χ0v) is 9.69. The summed E-state index contributed by atoms with van der Waals surface area (Å²) in [7, 11) is 0. The van der Waals surface area contributed by atoms with Crippen LogP contribution in [0, 0.1) is 5.82 Å². The van der Waals surface area contributed by atoms with Gasteiger partial charge in [0.05, 0.1) is 11.6 Å². The Hall–Kier alpha value is -1.68. The molecule has 0 spiro atoms. The summed E-state index contributed by atoms with van der Waals surface area (Å²) >= 11 is 5.58. The van der Waals surface area contributed by atoms with Gasteiger partial charge in [-0.1, -0.05) is 17.7 Å². The van der Waals surface area contributed by atoms with Gasteiger partial charge in [-0.25, -0.2) is 9.37 Å². The topological polar surface area (TPSA) is 35.0 Å². The molecule has 0 atom stereocenters. The lowest BCUT2D eigenvalue weighted by Gasteiger charge is -2.05. The van der Waals surface area contributed by atoms with Crippen LogP contribution in [0.25, 0.3) is 0 Å². The van der Waals surface area contributed by atoms with Crippen LogP contribution in [0.1, 0.15) is 5.69 Å². The number of rotatable bonds is 4. The van der Waals surface area contributed by atoms with Crippen LogP contribution in [0.15, 0.2) is 36.7 Å². The minimum absolute atomic E-state index is 0.0367. The fraction of sp³-hybridized carbons (Fsp3) is 0.167. The van der Waals surface area contributed by atoms with Crippen molar-refractivity contribution < 1.29 is 9.13 Å². The predicted molar refractivity (Wildman–Crippen MR) is 62.6 cm³/mol. The van der Waals surface area contributed by atoms with Gasteiger partial charge in [-0.2, -0.15) is 0 Å². The zero-order valence-electron chi connectivity index (χ0n) is 8.94. The Bertz CT molecular complexity index is 493. The summed E-state index contributed by atoms with van der Waals surface area (Å²) in [5, 5.41) is 0.250. The third-order valence-electron chi connectivity index (χ3n) is 2.10. The highest BCUT2D eigenvalue weighted by atomic mass is 35.5. The molecule has 0 N–H and O–H groups in total. The number of hydrogen-bond donors (Lipinski definition) is 0. The molecule has 3 nitrogen and oxygen atoms in total. The molecule has 17 heavy (non-hydrogen) atoms. The Morgan fingerprint density at radius 1 is 1.29 bits per heavy atom. The first-order chi connectivity index (χ1) is 8.25. The van der Waals surface area contributed by atoms with Gasteiger partial charge in [-0.15, -0.1) is 0 Å². The van der Waals surface area contributed by atoms with Gasteiger partial charge in [0, 0.05) is 24.5 Å². The smallest absolute Gasteiger partial charge is 0.250 e. The molecule has 0 radical (unpaired) electrons. The first-order valence-corrected chi connectivity index (χ1v) is 5.47. The molecular formula is C12H10ClFN2O. The third-order valence-corrected chi connectivity index (χ3v) is 2.30. The summed E-state index contributed by atoms with van der Waals surface area (Å²) in [5.41, 5.74) is 0.891. The van der Waals surface area contributed by atoms with Gasteiger partial charge in [-0.3, -0.25) is 4.98 Å². The van der Waals surface area contributed by atoms with Crippen molar-refractivity contribution >= 4 is 11.6 Å². The van der Waals surface area contributed by atoms with Crippen molar-refractivity contribution in [3.63, 3.8) is 0 Å². The second-order valence-corrected chi connectivity index (χ2v) is 3.80. The lowest BCUT2D eigenvalue weighted by molar-refractivity contribution is 0.291. The van der Waals surface area contributed by atoms with Crippen molar-refractivity contribution in [1.82, 2.24) is 9.97 Å². The molecule has 0 fully saturated rings. The number of hydrogen-bond acceptors (Lipinski definition) is 3. The van der Waals surface area contributed by atoms with Gasteiger partial charge in [0.25, 0.3) is 0 Å². The maximum Gasteiger partial charge on any atom is 0.250 e. The van der Waals surface area contributed by atoms with Crippen LogP contribution < -0.4 is 4.74 Å². The summed E-state index contributed by atoms with van der Waals surface area (Å²) in [6, 6.07) is 6.79. The highest BCUT2D eigenvalue weighted by Gasteiger charge is 2.05. The molecule has 0 bridgehead atoms. The van der Waals surface area contributed by atoms with Gasteiger partial charge in [0.1, 0.15) is 0 Å². The molecule has 0 saturated heterocycles. The summed E-state index contributed by atoms with van der Waals surface area (Å²) in [5.74, 6) is -0.594. The number of aromatic nitrogens is 2. The van der Waals surface area contributed by atoms with Crippen LogP contribution in [0.2, 0.25) is 5.02 Å². The Morgan fingerprint density at radius 2 is 2.18 bits per heavy atom. The molecule has 2 heterocycles. The Balaban J connectivity index is 1.90. The van der Waals surface area contributed by atoms with E-state index >= 15 is 0 Å². The molecule has 2 rings (SSSR count). The van der Waals surface area contributed by atoms with Crippen LogP contribution in [0.5, 0.6) is 5.88 Å². The van der Waals surface area contributed by atoms with Crippen LogP contribution in [-0.2, 0) is 6.42 Å². The molecule has 0 saturated carbocycles. The second kappa shape index (κ2) is 5.59. The van der Waals surface area contributed by atoms with Gasteiger partial charge in [0.2, 0.25) is 5.88 Å². The van der Waals surface area contributed by atoms with Crippen molar-refractivity contribution in [2.75, 3.05) is 6.61 Å². The Labute approximate surface area is 103 Å². The maximum atomic E-state index is 13.3. The van der Waals surface area contributed by atoms with E-state index in [-0.39, 0.29) is 10.9 Å². The molecule has 0 amide bonds. The molecule has 0 aromatic carbocycles. The van der Waals surface area contributed by atoms with Crippen LogP contribution in [0.3, 0.4) is 0 Å². The molecule has 88 valence electrons. The second-order valence-electron chi connectivity index (χ2n) is 3.36. The van der Waals surface area contributed by atoms with E-state index in [0.717, 1.165) is 5.69 Å². The number of halogens is 2. The molecule has 0 aliphatic carbocycles. The average molecular weight is 253 g/mol. The van der Waals surface area contributed by atoms with Crippen molar-refractivity contribution in [3.05, 3.63) is 53.2 Å². The van der Waals surface area contributed by atoms with Crippen molar-refractivity contribution in [2.24, 2.45) is 0 Å². The lowest BCUT2D eigenvalue weighted by atomic mass is 10.3. The normalized spacial score (nSPS) is 10.2. The molecule has 0 aliphatic heterocycles. The highest BCUT2D eigenvalue weighted by molar-refractivity contribution is 6.30. The number of ether oxygens (including phenoxy) is 1. The van der Waals surface area contributed by atoms with E-state index in [4.69, 9.17) is 16.3 Å². The van der Waals surface area contributed by atoms with Gasteiger partial charge in [0.15, 0.2) is 5.82 Å². The van der Waals surface area contributed by atoms with Gasteiger partial charge >= 0.3 is 0 Å². The standard InChI is InChI=1S/C12H10ClFN2O/c13-9-7-11(14)12(16-8-9)17-6-4-10-3-1-2-5-15-10/h1-3,5,7-8H,4,6H2. The number of nitrogens with zero attached hydrogens (tertiary/aromatic N) is 2. The van der Waals surface area contributed by atoms with E-state index in [1.165, 1.54) is 12.3 Å². The summed E-state index contributed by atoms with van der Waals surface area (Å²) in [6.45, 7) is 0.322. The molecule has 5 heteroatoms. The van der Waals surface area contributed by atoms with Crippen molar-refractivity contribution in [3.8, 4) is 5.88 Å². The third kappa shape index (κ3) is 3.39. The van der Waals surface area contributed by atoms with E-state index in [0.29, 0.717) is 13.0 Å². The minimum atomic E-state index is -0.557. The molecule has 2 aromatic rings. The summed E-state index contributed by atoms with van der Waals surface area (Å²) < 4.78 is 18.5. The predicted octanol–water partition coefficient (Wildman–Crippen LogP) is 2.89. The lowest BCUT2D eigenvalue weighted by Crippen LogP contribution is -2.05. The Morgan fingerprint density at radius 3 is 2.88 bits per heavy atom. The van der Waals surface area contributed by atoms with Crippen molar-refractivity contribution in [1.29, 1.82) is 0 Å². The van der Waals surface area contributed by atoms with E-state index in [1.54, 1.807) is 6.20 Å². The Kier molecular flexibility index (Phi) is 3.88. The molecular weight excluding hydrogens is 243 g/mol. The summed E-state index contributed by atoms with van der Waals surface area (Å²) in [6.07, 6.45) is 3.65. The molecule has 0 aliphatic rings. The fourth-order valence-electron chi connectivity index (χ4n) is 1.31. The largest absolute Gasteiger partial charge is 0.475 e. The number of pyridine rings is 2. The SMILES string of the molecule is Fc1cc(Cl)cnc1OCCc1ccccn1.